The van der Waals surface area contributed by atoms with E-state index >= 15 is 0 Å². The van der Waals surface area contributed by atoms with Gasteiger partial charge in [-0.25, -0.2) is 9.18 Å². The van der Waals surface area contributed by atoms with Crippen molar-refractivity contribution < 1.29 is 23.5 Å². The van der Waals surface area contributed by atoms with Crippen LogP contribution in [0.15, 0.2) is 42.6 Å². The first-order valence-corrected chi connectivity index (χ1v) is 6.92. The van der Waals surface area contributed by atoms with Gasteiger partial charge in [0.05, 0.1) is 18.8 Å². The Balaban J connectivity index is 1.92. The van der Waals surface area contributed by atoms with Crippen LogP contribution in [0.2, 0.25) is 0 Å². The van der Waals surface area contributed by atoms with Gasteiger partial charge < -0.3 is 14.8 Å². The summed E-state index contributed by atoms with van der Waals surface area (Å²) in [6, 6.07) is 8.65. The maximum absolute atomic E-state index is 13.4. The number of aromatic nitrogens is 1. The first-order valence-electron chi connectivity index (χ1n) is 6.92. The summed E-state index contributed by atoms with van der Waals surface area (Å²) in [5, 5.41) is 2.56. The Morgan fingerprint density at radius 1 is 1.22 bits per heavy atom. The fourth-order valence-corrected chi connectivity index (χ4v) is 1.73. The highest BCUT2D eigenvalue weighted by Crippen LogP contribution is 2.13. The highest BCUT2D eigenvalue weighted by molar-refractivity contribution is 5.94. The molecule has 23 heavy (non-hydrogen) atoms. The monoisotopic (exact) mass is 318 g/mol. The van der Waals surface area contributed by atoms with E-state index in [0.717, 1.165) is 0 Å². The van der Waals surface area contributed by atoms with Crippen LogP contribution in [0.1, 0.15) is 23.0 Å². The summed E-state index contributed by atoms with van der Waals surface area (Å²) in [6.45, 7) is 1.86. The Morgan fingerprint density at radius 2 is 1.96 bits per heavy atom. The van der Waals surface area contributed by atoms with Gasteiger partial charge in [-0.2, -0.15) is 0 Å². The molecule has 6 nitrogen and oxygen atoms in total. The van der Waals surface area contributed by atoms with Crippen molar-refractivity contribution in [2.75, 3.05) is 6.61 Å². The lowest BCUT2D eigenvalue weighted by Crippen LogP contribution is -2.23. The van der Waals surface area contributed by atoms with Gasteiger partial charge in [-0.1, -0.05) is 0 Å². The van der Waals surface area contributed by atoms with E-state index in [1.54, 1.807) is 6.92 Å². The molecule has 0 saturated carbocycles. The van der Waals surface area contributed by atoms with Crippen LogP contribution in [-0.2, 0) is 11.3 Å². The minimum absolute atomic E-state index is 0.0212. The van der Waals surface area contributed by atoms with Gasteiger partial charge in [0.2, 0.25) is 0 Å². The molecule has 0 fully saturated rings. The molecule has 1 aromatic carbocycles. The van der Waals surface area contributed by atoms with E-state index in [0.29, 0.717) is 5.56 Å². The Kier molecular flexibility index (Phi) is 5.62. The normalized spacial score (nSPS) is 10.0. The lowest BCUT2D eigenvalue weighted by molar-refractivity contribution is 0.0950. The Labute approximate surface area is 132 Å². The van der Waals surface area contributed by atoms with Gasteiger partial charge in [0.25, 0.3) is 5.91 Å². The molecule has 1 heterocycles. The number of nitrogens with zero attached hydrogens (tertiary/aromatic N) is 1. The average molecular weight is 318 g/mol. The molecule has 2 rings (SSSR count). The van der Waals surface area contributed by atoms with Crippen LogP contribution in [0.3, 0.4) is 0 Å². The molecule has 0 saturated heterocycles. The number of pyridine rings is 1. The fourth-order valence-electron chi connectivity index (χ4n) is 1.73. The molecule has 0 radical (unpaired) electrons. The highest BCUT2D eigenvalue weighted by atomic mass is 19.1. The van der Waals surface area contributed by atoms with Crippen LogP contribution in [0.25, 0.3) is 0 Å². The van der Waals surface area contributed by atoms with Crippen molar-refractivity contribution in [1.29, 1.82) is 0 Å². The van der Waals surface area contributed by atoms with E-state index in [2.05, 4.69) is 15.0 Å². The van der Waals surface area contributed by atoms with E-state index in [1.165, 1.54) is 42.6 Å². The predicted octanol–water partition coefficient (Wildman–Crippen LogP) is 2.69. The second kappa shape index (κ2) is 7.88. The third-order valence-electron chi connectivity index (χ3n) is 2.83. The number of hydrogen-bond acceptors (Lipinski definition) is 5. The summed E-state index contributed by atoms with van der Waals surface area (Å²) < 4.78 is 22.9. The number of benzene rings is 1. The lowest BCUT2D eigenvalue weighted by atomic mass is 10.2. The van der Waals surface area contributed by atoms with E-state index < -0.39 is 17.9 Å². The molecule has 2 aromatic rings. The number of rotatable bonds is 5. The summed E-state index contributed by atoms with van der Waals surface area (Å²) in [6.07, 6.45) is 0.641. The quantitative estimate of drug-likeness (QED) is 0.677. The predicted molar refractivity (Wildman–Crippen MR) is 79.5 cm³/mol. The van der Waals surface area contributed by atoms with E-state index in [-0.39, 0.29) is 24.6 Å². The summed E-state index contributed by atoms with van der Waals surface area (Å²) in [5.41, 5.74) is 0.501. The molecule has 0 aliphatic heterocycles. The van der Waals surface area contributed by atoms with Crippen molar-refractivity contribution in [1.82, 2.24) is 10.3 Å². The molecular weight excluding hydrogens is 303 g/mol. The van der Waals surface area contributed by atoms with Crippen LogP contribution < -0.4 is 10.1 Å². The molecule has 0 aliphatic rings. The molecule has 0 aliphatic carbocycles. The number of hydrogen-bond donors (Lipinski definition) is 1. The van der Waals surface area contributed by atoms with Gasteiger partial charge in [-0.05, 0) is 43.3 Å². The molecule has 1 aromatic heterocycles. The highest BCUT2D eigenvalue weighted by Gasteiger charge is 2.09. The van der Waals surface area contributed by atoms with E-state index in [4.69, 9.17) is 4.74 Å². The summed E-state index contributed by atoms with van der Waals surface area (Å²) in [5.74, 6) is -0.612. The standard InChI is InChI=1S/C16H15FN2O4/c1-2-22-16(21)23-12-7-5-11(6-8-12)15(20)19-10-14-13(17)4-3-9-18-14/h3-9H,2,10H2,1H3,(H,19,20). The lowest BCUT2D eigenvalue weighted by Gasteiger charge is -2.07. The third-order valence-corrected chi connectivity index (χ3v) is 2.83. The smallest absolute Gasteiger partial charge is 0.434 e. The fraction of sp³-hybridized carbons (Fsp3) is 0.188. The van der Waals surface area contributed by atoms with Crippen molar-refractivity contribution >= 4 is 12.1 Å². The number of halogens is 1. The van der Waals surface area contributed by atoms with E-state index in [1.807, 2.05) is 0 Å². The van der Waals surface area contributed by atoms with Crippen molar-refractivity contribution in [2.24, 2.45) is 0 Å². The molecule has 0 unspecified atom stereocenters. The maximum Gasteiger partial charge on any atom is 0.513 e. The molecular formula is C16H15FN2O4. The van der Waals surface area contributed by atoms with Crippen molar-refractivity contribution in [3.8, 4) is 5.75 Å². The molecule has 0 atom stereocenters. The van der Waals surface area contributed by atoms with Crippen LogP contribution in [0.4, 0.5) is 9.18 Å². The van der Waals surface area contributed by atoms with Crippen molar-refractivity contribution in [3.05, 3.63) is 59.7 Å². The zero-order chi connectivity index (χ0) is 16.7. The number of carbonyl (C=O) groups excluding carboxylic acids is 2. The van der Waals surface area contributed by atoms with Crippen LogP contribution in [0.5, 0.6) is 5.75 Å². The number of nitrogens with one attached hydrogen (secondary N) is 1. The number of amides is 1. The minimum atomic E-state index is -0.810. The van der Waals surface area contributed by atoms with Crippen molar-refractivity contribution in [3.63, 3.8) is 0 Å². The van der Waals surface area contributed by atoms with Gasteiger partial charge >= 0.3 is 6.16 Å². The Morgan fingerprint density at radius 3 is 2.61 bits per heavy atom. The van der Waals surface area contributed by atoms with Gasteiger partial charge in [0, 0.05) is 11.8 Å². The van der Waals surface area contributed by atoms with Gasteiger partial charge in [-0.3, -0.25) is 9.78 Å². The Bertz CT molecular complexity index is 689. The van der Waals surface area contributed by atoms with Crippen LogP contribution in [-0.4, -0.2) is 23.7 Å². The minimum Gasteiger partial charge on any atom is -0.434 e. The number of ether oxygens (including phenoxy) is 2. The summed E-state index contributed by atoms with van der Waals surface area (Å²) in [7, 11) is 0. The first-order chi connectivity index (χ1) is 11.1. The van der Waals surface area contributed by atoms with E-state index in [9.17, 15) is 14.0 Å². The molecule has 1 N–H and O–H groups in total. The Hall–Kier alpha value is -2.96. The van der Waals surface area contributed by atoms with Crippen molar-refractivity contribution in [2.45, 2.75) is 13.5 Å². The summed E-state index contributed by atoms with van der Waals surface area (Å²) in [4.78, 5) is 27.0. The molecule has 120 valence electrons. The summed E-state index contributed by atoms with van der Waals surface area (Å²) >= 11 is 0. The second-order valence-electron chi connectivity index (χ2n) is 4.42. The maximum atomic E-state index is 13.4. The van der Waals surface area contributed by atoms with Crippen LogP contribution >= 0.6 is 0 Å². The SMILES string of the molecule is CCOC(=O)Oc1ccc(C(=O)NCc2ncccc2F)cc1. The zero-order valence-corrected chi connectivity index (χ0v) is 12.4. The largest absolute Gasteiger partial charge is 0.513 e. The average Bonchev–Trinajstić information content (AvgIpc) is 2.55. The van der Waals surface area contributed by atoms with Gasteiger partial charge in [-0.15, -0.1) is 0 Å². The topological polar surface area (TPSA) is 77.5 Å². The number of carbonyl (C=O) groups is 2. The van der Waals surface area contributed by atoms with Crippen LogP contribution in [0, 0.1) is 5.82 Å². The molecule has 1 amide bonds. The third kappa shape index (κ3) is 4.77. The second-order valence-corrected chi connectivity index (χ2v) is 4.42. The molecule has 0 bridgehead atoms. The zero-order valence-electron chi connectivity index (χ0n) is 12.4. The molecule has 0 spiro atoms. The van der Waals surface area contributed by atoms with Gasteiger partial charge in [0.15, 0.2) is 0 Å². The molecule has 7 heteroatoms. The van der Waals surface area contributed by atoms with Gasteiger partial charge in [0.1, 0.15) is 11.6 Å². The first kappa shape index (κ1) is 16.4.